The Morgan fingerprint density at radius 3 is 2.65 bits per heavy atom. The zero-order valence-corrected chi connectivity index (χ0v) is 16.4. The Kier molecular flexibility index (Phi) is 5.42. The SMILES string of the molecule is C=C1CCC2C(CNC(=N)N)C(C3(C)CCC(O)CC3CO)CCC12C. The summed E-state index contributed by atoms with van der Waals surface area (Å²) in [5.41, 5.74) is 7.23. The molecule has 3 aliphatic rings. The van der Waals surface area contributed by atoms with Gasteiger partial charge in [-0.05, 0) is 79.4 Å². The van der Waals surface area contributed by atoms with Crippen LogP contribution in [0.1, 0.15) is 58.8 Å². The second kappa shape index (κ2) is 7.16. The van der Waals surface area contributed by atoms with Crippen molar-refractivity contribution in [2.75, 3.05) is 13.2 Å². The van der Waals surface area contributed by atoms with Gasteiger partial charge in [0.05, 0.1) is 6.10 Å². The van der Waals surface area contributed by atoms with Crippen molar-refractivity contribution in [3.05, 3.63) is 12.2 Å². The molecule has 26 heavy (non-hydrogen) atoms. The standard InChI is InChI=1S/C21H37N3O2/c1-13-4-5-17-16(11-24-19(22)23)18(7-9-20(13,17)2)21(3)8-6-15(26)10-14(21)12-25/h14-18,25-26H,1,4-12H2,2-3H3,(H4,22,23,24). The van der Waals surface area contributed by atoms with Crippen LogP contribution in [-0.2, 0) is 0 Å². The lowest BCUT2D eigenvalue weighted by Crippen LogP contribution is -2.54. The summed E-state index contributed by atoms with van der Waals surface area (Å²) >= 11 is 0. The van der Waals surface area contributed by atoms with Crippen LogP contribution < -0.4 is 11.1 Å². The Bertz CT molecular complexity index is 565. The number of hydrogen-bond acceptors (Lipinski definition) is 3. The molecule has 148 valence electrons. The van der Waals surface area contributed by atoms with Gasteiger partial charge in [0.15, 0.2) is 5.96 Å². The van der Waals surface area contributed by atoms with Crippen molar-refractivity contribution in [3.8, 4) is 0 Å². The normalized spacial score (nSPS) is 46.0. The van der Waals surface area contributed by atoms with Crippen LogP contribution in [0, 0.1) is 39.9 Å². The average Bonchev–Trinajstić information content (AvgIpc) is 2.90. The van der Waals surface area contributed by atoms with E-state index in [2.05, 4.69) is 25.7 Å². The first kappa shape index (κ1) is 19.7. The third kappa shape index (κ3) is 3.18. The van der Waals surface area contributed by atoms with E-state index in [-0.39, 0.29) is 35.4 Å². The van der Waals surface area contributed by atoms with Crippen LogP contribution in [0.3, 0.4) is 0 Å². The van der Waals surface area contributed by atoms with Crippen LogP contribution >= 0.6 is 0 Å². The molecular weight excluding hydrogens is 326 g/mol. The number of hydrogen-bond donors (Lipinski definition) is 5. The summed E-state index contributed by atoms with van der Waals surface area (Å²) in [6.07, 6.45) is 6.75. The molecule has 0 heterocycles. The molecule has 7 atom stereocenters. The van der Waals surface area contributed by atoms with Crippen molar-refractivity contribution in [2.24, 2.45) is 40.2 Å². The van der Waals surface area contributed by atoms with E-state index < -0.39 is 0 Å². The molecule has 0 aliphatic heterocycles. The first-order valence-electron chi connectivity index (χ1n) is 10.3. The van der Waals surface area contributed by atoms with Gasteiger partial charge < -0.3 is 21.3 Å². The maximum atomic E-state index is 10.1. The van der Waals surface area contributed by atoms with Crippen LogP contribution in [-0.4, -0.2) is 35.4 Å². The van der Waals surface area contributed by atoms with E-state index in [1.165, 1.54) is 12.0 Å². The van der Waals surface area contributed by atoms with Crippen molar-refractivity contribution < 1.29 is 10.2 Å². The van der Waals surface area contributed by atoms with E-state index in [1.807, 2.05) is 0 Å². The smallest absolute Gasteiger partial charge is 0.185 e. The number of allylic oxidation sites excluding steroid dienone is 1. The van der Waals surface area contributed by atoms with Crippen molar-refractivity contribution in [2.45, 2.75) is 64.9 Å². The Labute approximate surface area is 157 Å². The van der Waals surface area contributed by atoms with Crippen molar-refractivity contribution in [1.29, 1.82) is 5.41 Å². The van der Waals surface area contributed by atoms with E-state index in [9.17, 15) is 10.2 Å². The highest BCUT2D eigenvalue weighted by Crippen LogP contribution is 2.63. The summed E-state index contributed by atoms with van der Waals surface area (Å²) < 4.78 is 0. The van der Waals surface area contributed by atoms with Crippen LogP contribution in [0.5, 0.6) is 0 Å². The summed E-state index contributed by atoms with van der Waals surface area (Å²) in [6.45, 7) is 9.95. The molecule has 5 heteroatoms. The minimum absolute atomic E-state index is 0.0301. The second-order valence-corrected chi connectivity index (χ2v) is 9.58. The Morgan fingerprint density at radius 2 is 2.00 bits per heavy atom. The molecule has 0 aromatic carbocycles. The van der Waals surface area contributed by atoms with E-state index in [4.69, 9.17) is 11.1 Å². The molecule has 3 fully saturated rings. The fourth-order valence-electron chi connectivity index (χ4n) is 6.69. The Balaban J connectivity index is 1.91. The molecule has 5 nitrogen and oxygen atoms in total. The molecular formula is C21H37N3O2. The molecule has 0 spiro atoms. The number of fused-ring (bicyclic) bond motifs is 1. The number of guanidine groups is 1. The molecule has 0 saturated heterocycles. The third-order valence-electron chi connectivity index (χ3n) is 8.49. The average molecular weight is 364 g/mol. The van der Waals surface area contributed by atoms with Gasteiger partial charge in [0, 0.05) is 13.2 Å². The highest BCUT2D eigenvalue weighted by atomic mass is 16.3. The molecule has 0 radical (unpaired) electrons. The molecule has 0 amide bonds. The first-order valence-corrected chi connectivity index (χ1v) is 10.3. The zero-order valence-electron chi connectivity index (χ0n) is 16.4. The van der Waals surface area contributed by atoms with Gasteiger partial charge in [-0.2, -0.15) is 0 Å². The number of aliphatic hydroxyl groups excluding tert-OH is 2. The van der Waals surface area contributed by atoms with Gasteiger partial charge in [0.1, 0.15) is 0 Å². The van der Waals surface area contributed by atoms with Crippen molar-refractivity contribution in [3.63, 3.8) is 0 Å². The third-order valence-corrected chi connectivity index (χ3v) is 8.49. The van der Waals surface area contributed by atoms with E-state index in [0.29, 0.717) is 24.2 Å². The minimum atomic E-state index is -0.283. The number of nitrogens with two attached hydrogens (primary N) is 1. The molecule has 7 unspecified atom stereocenters. The van der Waals surface area contributed by atoms with Gasteiger partial charge in [-0.1, -0.05) is 26.0 Å². The summed E-state index contributed by atoms with van der Waals surface area (Å²) in [6, 6.07) is 0. The van der Waals surface area contributed by atoms with Crippen LogP contribution in [0.2, 0.25) is 0 Å². The van der Waals surface area contributed by atoms with Gasteiger partial charge in [-0.3, -0.25) is 5.41 Å². The monoisotopic (exact) mass is 363 g/mol. The summed E-state index contributed by atoms with van der Waals surface area (Å²) in [5, 5.41) is 30.9. The van der Waals surface area contributed by atoms with Crippen molar-refractivity contribution in [1.82, 2.24) is 5.32 Å². The van der Waals surface area contributed by atoms with Gasteiger partial charge in [-0.15, -0.1) is 0 Å². The van der Waals surface area contributed by atoms with E-state index >= 15 is 0 Å². The zero-order chi connectivity index (χ0) is 19.1. The molecule has 0 bridgehead atoms. The van der Waals surface area contributed by atoms with Crippen LogP contribution in [0.15, 0.2) is 12.2 Å². The summed E-state index contributed by atoms with van der Waals surface area (Å²) in [5.74, 6) is 1.64. The summed E-state index contributed by atoms with van der Waals surface area (Å²) in [4.78, 5) is 0. The van der Waals surface area contributed by atoms with Gasteiger partial charge >= 0.3 is 0 Å². The minimum Gasteiger partial charge on any atom is -0.396 e. The predicted octanol–water partition coefficient (Wildman–Crippen LogP) is 2.63. The lowest BCUT2D eigenvalue weighted by atomic mass is 9.49. The van der Waals surface area contributed by atoms with Crippen LogP contribution in [0.4, 0.5) is 0 Å². The van der Waals surface area contributed by atoms with Crippen LogP contribution in [0.25, 0.3) is 0 Å². The predicted molar refractivity (Wildman–Crippen MR) is 105 cm³/mol. The lowest BCUT2D eigenvalue weighted by molar-refractivity contribution is -0.0925. The topological polar surface area (TPSA) is 102 Å². The molecule has 3 aliphatic carbocycles. The highest BCUT2D eigenvalue weighted by Gasteiger charge is 2.56. The fourth-order valence-corrected chi connectivity index (χ4v) is 6.69. The number of rotatable bonds is 4. The van der Waals surface area contributed by atoms with E-state index in [1.54, 1.807) is 0 Å². The molecule has 6 N–H and O–H groups in total. The maximum Gasteiger partial charge on any atom is 0.185 e. The number of aliphatic hydroxyl groups is 2. The van der Waals surface area contributed by atoms with Gasteiger partial charge in [0.2, 0.25) is 0 Å². The molecule has 0 aromatic heterocycles. The maximum absolute atomic E-state index is 10.1. The summed E-state index contributed by atoms with van der Waals surface area (Å²) in [7, 11) is 0. The van der Waals surface area contributed by atoms with Crippen molar-refractivity contribution >= 4 is 5.96 Å². The molecule has 0 aromatic rings. The first-order chi connectivity index (χ1) is 12.2. The second-order valence-electron chi connectivity index (χ2n) is 9.58. The number of nitrogens with one attached hydrogen (secondary N) is 2. The fraction of sp³-hybridized carbons (Fsp3) is 0.857. The van der Waals surface area contributed by atoms with Gasteiger partial charge in [0.25, 0.3) is 0 Å². The Morgan fingerprint density at radius 1 is 1.27 bits per heavy atom. The van der Waals surface area contributed by atoms with E-state index in [0.717, 1.165) is 38.6 Å². The quantitative estimate of drug-likeness (QED) is 0.301. The molecule has 3 saturated carbocycles. The largest absolute Gasteiger partial charge is 0.396 e. The molecule has 3 rings (SSSR count). The highest BCUT2D eigenvalue weighted by molar-refractivity contribution is 5.74. The Hall–Kier alpha value is -1.07. The van der Waals surface area contributed by atoms with Gasteiger partial charge in [-0.25, -0.2) is 0 Å². The lowest BCUT2D eigenvalue weighted by Gasteiger charge is -2.56.